The van der Waals surface area contributed by atoms with Gasteiger partial charge in [-0.15, -0.1) is 0 Å². The fourth-order valence-corrected chi connectivity index (χ4v) is 3.09. The average Bonchev–Trinajstić information content (AvgIpc) is 2.51. The number of benzene rings is 1. The molecule has 1 amide bonds. The summed E-state index contributed by atoms with van der Waals surface area (Å²) in [6.07, 6.45) is 0.669. The summed E-state index contributed by atoms with van der Waals surface area (Å²) in [6, 6.07) is 5.14. The Morgan fingerprint density at radius 3 is 2.21 bits per heavy atom. The fourth-order valence-electron chi connectivity index (χ4n) is 1.76. The molecule has 8 heteroatoms. The minimum absolute atomic E-state index is 0.0429. The van der Waals surface area contributed by atoms with Gasteiger partial charge in [0.1, 0.15) is 0 Å². The Hall–Kier alpha value is -1.93. The Morgan fingerprint density at radius 1 is 1.12 bits per heavy atom. The molecule has 24 heavy (non-hydrogen) atoms. The second-order valence-electron chi connectivity index (χ2n) is 5.75. The lowest BCUT2D eigenvalue weighted by Gasteiger charge is -2.12. The van der Waals surface area contributed by atoms with Crippen molar-refractivity contribution >= 4 is 21.9 Å². The van der Waals surface area contributed by atoms with Crippen molar-refractivity contribution in [1.29, 1.82) is 0 Å². The van der Waals surface area contributed by atoms with Crippen LogP contribution in [0.5, 0.6) is 0 Å². The minimum Gasteiger partial charge on any atom is -0.452 e. The molecule has 0 bridgehead atoms. The third-order valence-corrected chi connectivity index (χ3v) is 4.76. The summed E-state index contributed by atoms with van der Waals surface area (Å²) in [5.74, 6) is -1.08. The van der Waals surface area contributed by atoms with Crippen molar-refractivity contribution in [3.05, 3.63) is 29.8 Å². The van der Waals surface area contributed by atoms with Crippen LogP contribution in [-0.4, -0.2) is 39.0 Å². The van der Waals surface area contributed by atoms with Gasteiger partial charge in [0.25, 0.3) is 5.91 Å². The van der Waals surface area contributed by atoms with E-state index in [4.69, 9.17) is 4.74 Å². The zero-order chi connectivity index (χ0) is 18.3. The Kier molecular flexibility index (Phi) is 7.37. The summed E-state index contributed by atoms with van der Waals surface area (Å²) in [5.41, 5.74) is 0.176. The van der Waals surface area contributed by atoms with Crippen molar-refractivity contribution in [1.82, 2.24) is 10.0 Å². The van der Waals surface area contributed by atoms with Gasteiger partial charge in [-0.2, -0.15) is 0 Å². The minimum atomic E-state index is -3.62. The normalized spacial score (nSPS) is 12.7. The van der Waals surface area contributed by atoms with Crippen molar-refractivity contribution in [2.24, 2.45) is 0 Å². The van der Waals surface area contributed by atoms with Gasteiger partial charge in [0.2, 0.25) is 10.0 Å². The number of rotatable bonds is 8. The monoisotopic (exact) mass is 356 g/mol. The second-order valence-corrected chi connectivity index (χ2v) is 7.47. The van der Waals surface area contributed by atoms with E-state index in [-0.39, 0.29) is 29.1 Å². The highest BCUT2D eigenvalue weighted by Crippen LogP contribution is 2.12. The fraction of sp³-hybridized carbons (Fsp3) is 0.500. The van der Waals surface area contributed by atoms with Crippen LogP contribution < -0.4 is 10.0 Å². The van der Waals surface area contributed by atoms with Crippen LogP contribution in [0.25, 0.3) is 0 Å². The molecule has 0 spiro atoms. The van der Waals surface area contributed by atoms with E-state index in [1.54, 1.807) is 20.8 Å². The number of carbonyl (C=O) groups is 2. The zero-order valence-corrected chi connectivity index (χ0v) is 15.1. The van der Waals surface area contributed by atoms with Gasteiger partial charge in [0.15, 0.2) is 6.61 Å². The Balaban J connectivity index is 2.70. The van der Waals surface area contributed by atoms with E-state index in [9.17, 15) is 18.0 Å². The van der Waals surface area contributed by atoms with Crippen LogP contribution in [0.3, 0.4) is 0 Å². The van der Waals surface area contributed by atoms with Crippen LogP contribution in [0.4, 0.5) is 0 Å². The first-order valence-electron chi connectivity index (χ1n) is 7.74. The molecule has 0 aliphatic rings. The summed E-state index contributed by atoms with van der Waals surface area (Å²) in [6.45, 7) is 6.86. The summed E-state index contributed by atoms with van der Waals surface area (Å²) < 4.78 is 31.7. The standard InChI is InChI=1S/C16H24N2O5S/c1-5-12(4)18-24(21,22)14-8-6-13(7-9-14)16(20)23-10-15(19)17-11(2)3/h6-9,11-12,18H,5,10H2,1-4H3,(H,17,19). The van der Waals surface area contributed by atoms with E-state index in [0.29, 0.717) is 6.42 Å². The van der Waals surface area contributed by atoms with Crippen LogP contribution in [0.15, 0.2) is 29.2 Å². The molecule has 1 aromatic rings. The smallest absolute Gasteiger partial charge is 0.338 e. The second kappa shape index (κ2) is 8.79. The van der Waals surface area contributed by atoms with Gasteiger partial charge in [0, 0.05) is 12.1 Å². The molecule has 1 aromatic carbocycles. The number of nitrogens with one attached hydrogen (secondary N) is 2. The summed E-state index contributed by atoms with van der Waals surface area (Å²) in [7, 11) is -3.62. The predicted molar refractivity (Wildman–Crippen MR) is 90.1 cm³/mol. The van der Waals surface area contributed by atoms with Crippen molar-refractivity contribution in [2.45, 2.75) is 51.1 Å². The lowest BCUT2D eigenvalue weighted by atomic mass is 10.2. The van der Waals surface area contributed by atoms with Gasteiger partial charge in [-0.25, -0.2) is 17.9 Å². The Morgan fingerprint density at radius 2 is 1.71 bits per heavy atom. The number of hydrogen-bond acceptors (Lipinski definition) is 5. The molecule has 0 aromatic heterocycles. The number of carbonyl (C=O) groups excluding carboxylic acids is 2. The predicted octanol–water partition coefficient (Wildman–Crippen LogP) is 1.44. The molecule has 0 fully saturated rings. The molecule has 134 valence electrons. The molecule has 7 nitrogen and oxygen atoms in total. The summed E-state index contributed by atoms with van der Waals surface area (Å²) in [5, 5.41) is 2.60. The lowest BCUT2D eigenvalue weighted by molar-refractivity contribution is -0.124. The Labute approximate surface area is 142 Å². The highest BCUT2D eigenvalue weighted by molar-refractivity contribution is 7.89. The molecule has 0 aliphatic carbocycles. The van der Waals surface area contributed by atoms with Gasteiger partial charge in [-0.1, -0.05) is 6.92 Å². The van der Waals surface area contributed by atoms with Crippen molar-refractivity contribution < 1.29 is 22.7 Å². The van der Waals surface area contributed by atoms with Crippen LogP contribution >= 0.6 is 0 Å². The summed E-state index contributed by atoms with van der Waals surface area (Å²) in [4.78, 5) is 23.3. The van der Waals surface area contributed by atoms with Gasteiger partial charge in [0.05, 0.1) is 10.5 Å². The number of sulfonamides is 1. The maximum absolute atomic E-state index is 12.1. The van der Waals surface area contributed by atoms with Gasteiger partial charge < -0.3 is 10.1 Å². The maximum atomic E-state index is 12.1. The van der Waals surface area contributed by atoms with Crippen molar-refractivity contribution in [3.8, 4) is 0 Å². The number of ether oxygens (including phenoxy) is 1. The Bertz CT molecular complexity index is 668. The SMILES string of the molecule is CCC(C)NS(=O)(=O)c1ccc(C(=O)OCC(=O)NC(C)C)cc1. The molecule has 2 N–H and O–H groups in total. The first-order valence-corrected chi connectivity index (χ1v) is 9.23. The molecule has 0 saturated heterocycles. The third kappa shape index (κ3) is 6.29. The number of amides is 1. The quantitative estimate of drug-likeness (QED) is 0.687. The zero-order valence-electron chi connectivity index (χ0n) is 14.3. The van der Waals surface area contributed by atoms with E-state index < -0.39 is 21.9 Å². The van der Waals surface area contributed by atoms with Crippen molar-refractivity contribution in [3.63, 3.8) is 0 Å². The summed E-state index contributed by atoms with van der Waals surface area (Å²) >= 11 is 0. The van der Waals surface area contributed by atoms with E-state index >= 15 is 0 Å². The number of hydrogen-bond donors (Lipinski definition) is 2. The van der Waals surface area contributed by atoms with Crippen LogP contribution in [0.2, 0.25) is 0 Å². The van der Waals surface area contributed by atoms with E-state index in [2.05, 4.69) is 10.0 Å². The van der Waals surface area contributed by atoms with Gasteiger partial charge in [-0.3, -0.25) is 4.79 Å². The van der Waals surface area contributed by atoms with Gasteiger partial charge in [-0.05, 0) is 51.5 Å². The molecule has 0 heterocycles. The average molecular weight is 356 g/mol. The van der Waals surface area contributed by atoms with E-state index in [1.807, 2.05) is 6.92 Å². The molecule has 1 unspecified atom stereocenters. The molecular formula is C16H24N2O5S. The molecule has 1 rings (SSSR count). The van der Waals surface area contributed by atoms with E-state index in [0.717, 1.165) is 0 Å². The third-order valence-electron chi connectivity index (χ3n) is 3.15. The molecule has 1 atom stereocenters. The molecule has 0 radical (unpaired) electrons. The first-order chi connectivity index (χ1) is 11.2. The highest BCUT2D eigenvalue weighted by atomic mass is 32.2. The number of esters is 1. The van der Waals surface area contributed by atoms with Crippen LogP contribution in [0.1, 0.15) is 44.5 Å². The lowest BCUT2D eigenvalue weighted by Crippen LogP contribution is -2.34. The van der Waals surface area contributed by atoms with Gasteiger partial charge >= 0.3 is 5.97 Å². The topological polar surface area (TPSA) is 102 Å². The molecule has 0 aliphatic heterocycles. The molecular weight excluding hydrogens is 332 g/mol. The maximum Gasteiger partial charge on any atom is 0.338 e. The molecule has 0 saturated carbocycles. The van der Waals surface area contributed by atoms with Crippen LogP contribution in [-0.2, 0) is 19.6 Å². The first kappa shape index (κ1) is 20.1. The highest BCUT2D eigenvalue weighted by Gasteiger charge is 2.17. The van der Waals surface area contributed by atoms with Crippen LogP contribution in [0, 0.1) is 0 Å². The largest absolute Gasteiger partial charge is 0.452 e. The van der Waals surface area contributed by atoms with E-state index in [1.165, 1.54) is 24.3 Å². The van der Waals surface area contributed by atoms with Crippen molar-refractivity contribution in [2.75, 3.05) is 6.61 Å².